The van der Waals surface area contributed by atoms with Gasteiger partial charge >= 0.3 is 0 Å². The highest BCUT2D eigenvalue weighted by atomic mass is 16.5. The second kappa shape index (κ2) is 7.74. The number of hydrogen-bond acceptors (Lipinski definition) is 5. The van der Waals surface area contributed by atoms with E-state index < -0.39 is 0 Å². The quantitative estimate of drug-likeness (QED) is 0.832. The van der Waals surface area contributed by atoms with Crippen LogP contribution >= 0.6 is 0 Å². The van der Waals surface area contributed by atoms with Gasteiger partial charge in [-0.2, -0.15) is 0 Å². The first-order chi connectivity index (χ1) is 10.8. The van der Waals surface area contributed by atoms with Crippen molar-refractivity contribution >= 4 is 5.91 Å². The van der Waals surface area contributed by atoms with Crippen molar-refractivity contribution in [3.05, 3.63) is 17.5 Å². The van der Waals surface area contributed by atoms with Crippen molar-refractivity contribution in [1.82, 2.24) is 10.5 Å². The molecule has 6 nitrogen and oxygen atoms in total. The maximum atomic E-state index is 11.9. The van der Waals surface area contributed by atoms with Gasteiger partial charge in [0, 0.05) is 25.1 Å². The third-order valence-electron chi connectivity index (χ3n) is 4.32. The fourth-order valence-electron chi connectivity index (χ4n) is 2.99. The minimum atomic E-state index is -0.0246. The summed E-state index contributed by atoms with van der Waals surface area (Å²) in [5.74, 6) is 1.11. The van der Waals surface area contributed by atoms with Crippen molar-refractivity contribution in [1.29, 1.82) is 0 Å². The SMILES string of the molecule is O=C(Cc1cc(COC2CCCC2)on1)NCC1CCOC1. The van der Waals surface area contributed by atoms with Crippen LogP contribution in [0.4, 0.5) is 0 Å². The molecule has 122 valence electrons. The normalized spacial score (nSPS) is 22.3. The zero-order valence-corrected chi connectivity index (χ0v) is 12.9. The second-order valence-corrected chi connectivity index (χ2v) is 6.21. The van der Waals surface area contributed by atoms with E-state index in [2.05, 4.69) is 10.5 Å². The first-order valence-corrected chi connectivity index (χ1v) is 8.20. The molecule has 1 atom stereocenters. The molecule has 2 heterocycles. The van der Waals surface area contributed by atoms with Crippen molar-refractivity contribution in [2.45, 2.75) is 51.2 Å². The Bertz CT molecular complexity index is 476. The van der Waals surface area contributed by atoms with Crippen LogP contribution in [0.15, 0.2) is 10.6 Å². The molecule has 2 fully saturated rings. The molecule has 1 saturated carbocycles. The third-order valence-corrected chi connectivity index (χ3v) is 4.32. The Morgan fingerprint density at radius 1 is 1.36 bits per heavy atom. The van der Waals surface area contributed by atoms with Gasteiger partial charge in [-0.25, -0.2) is 0 Å². The zero-order chi connectivity index (χ0) is 15.2. The van der Waals surface area contributed by atoms with Crippen LogP contribution in [-0.2, 0) is 27.3 Å². The first kappa shape index (κ1) is 15.5. The largest absolute Gasteiger partial charge is 0.381 e. The highest BCUT2D eigenvalue weighted by Gasteiger charge is 2.18. The van der Waals surface area contributed by atoms with Gasteiger partial charge in [0.25, 0.3) is 0 Å². The molecule has 1 amide bonds. The van der Waals surface area contributed by atoms with Gasteiger partial charge in [0.2, 0.25) is 5.91 Å². The molecule has 22 heavy (non-hydrogen) atoms. The van der Waals surface area contributed by atoms with Gasteiger partial charge < -0.3 is 19.3 Å². The lowest BCUT2D eigenvalue weighted by Gasteiger charge is -2.08. The minimum absolute atomic E-state index is 0.0246. The summed E-state index contributed by atoms with van der Waals surface area (Å²) >= 11 is 0. The Morgan fingerprint density at radius 2 is 2.23 bits per heavy atom. The van der Waals surface area contributed by atoms with Crippen molar-refractivity contribution in [3.8, 4) is 0 Å². The fraction of sp³-hybridized carbons (Fsp3) is 0.750. The van der Waals surface area contributed by atoms with E-state index >= 15 is 0 Å². The van der Waals surface area contributed by atoms with Gasteiger partial charge in [-0.1, -0.05) is 18.0 Å². The maximum Gasteiger partial charge on any atom is 0.226 e. The molecule has 1 aromatic rings. The van der Waals surface area contributed by atoms with E-state index in [1.807, 2.05) is 6.07 Å². The van der Waals surface area contributed by atoms with Crippen LogP contribution < -0.4 is 5.32 Å². The van der Waals surface area contributed by atoms with Crippen LogP contribution in [0, 0.1) is 5.92 Å². The molecule has 0 spiro atoms. The zero-order valence-electron chi connectivity index (χ0n) is 12.9. The summed E-state index contributed by atoms with van der Waals surface area (Å²) in [5, 5.41) is 6.87. The van der Waals surface area contributed by atoms with Crippen molar-refractivity contribution in [2.24, 2.45) is 5.92 Å². The van der Waals surface area contributed by atoms with Gasteiger partial charge in [-0.05, 0) is 19.3 Å². The smallest absolute Gasteiger partial charge is 0.226 e. The van der Waals surface area contributed by atoms with Crippen molar-refractivity contribution in [3.63, 3.8) is 0 Å². The Balaban J connectivity index is 1.37. The van der Waals surface area contributed by atoms with Crippen molar-refractivity contribution in [2.75, 3.05) is 19.8 Å². The predicted octanol–water partition coefficient (Wildman–Crippen LogP) is 1.83. The minimum Gasteiger partial charge on any atom is -0.381 e. The van der Waals surface area contributed by atoms with E-state index in [1.165, 1.54) is 12.8 Å². The summed E-state index contributed by atoms with van der Waals surface area (Å²) < 4.78 is 16.3. The van der Waals surface area contributed by atoms with Crippen LogP contribution in [0.2, 0.25) is 0 Å². The summed E-state index contributed by atoms with van der Waals surface area (Å²) in [6.45, 7) is 2.66. The molecule has 0 radical (unpaired) electrons. The second-order valence-electron chi connectivity index (χ2n) is 6.21. The molecule has 1 saturated heterocycles. The van der Waals surface area contributed by atoms with Gasteiger partial charge in [0.15, 0.2) is 5.76 Å². The molecule has 0 aromatic carbocycles. The Labute approximate surface area is 130 Å². The third kappa shape index (κ3) is 4.55. The Kier molecular flexibility index (Phi) is 5.45. The van der Waals surface area contributed by atoms with Crippen LogP contribution in [0.25, 0.3) is 0 Å². The number of nitrogens with one attached hydrogen (secondary N) is 1. The van der Waals surface area contributed by atoms with E-state index in [0.29, 0.717) is 36.6 Å². The lowest BCUT2D eigenvalue weighted by molar-refractivity contribution is -0.120. The number of rotatable bonds is 7. The number of nitrogens with zero attached hydrogens (tertiary/aromatic N) is 1. The van der Waals surface area contributed by atoms with Gasteiger partial charge in [0.1, 0.15) is 6.61 Å². The van der Waals surface area contributed by atoms with Crippen LogP contribution in [0.1, 0.15) is 43.6 Å². The summed E-state index contributed by atoms with van der Waals surface area (Å²) in [4.78, 5) is 11.9. The molecule has 1 aromatic heterocycles. The first-order valence-electron chi connectivity index (χ1n) is 8.20. The molecule has 1 aliphatic carbocycles. The van der Waals surface area contributed by atoms with Crippen LogP contribution in [0.3, 0.4) is 0 Å². The lowest BCUT2D eigenvalue weighted by Crippen LogP contribution is -2.30. The lowest BCUT2D eigenvalue weighted by atomic mass is 10.1. The summed E-state index contributed by atoms with van der Waals surface area (Å²) in [6.07, 6.45) is 6.39. The van der Waals surface area contributed by atoms with Crippen molar-refractivity contribution < 1.29 is 18.8 Å². The standard InChI is InChI=1S/C16H24N2O4/c19-16(17-9-12-5-6-20-10-12)8-13-7-15(22-18-13)11-21-14-3-1-2-4-14/h7,12,14H,1-6,8-11H2,(H,17,19). The molecule has 3 rings (SSSR count). The number of hydrogen-bond donors (Lipinski definition) is 1. The molecule has 6 heteroatoms. The molecular weight excluding hydrogens is 284 g/mol. The number of carbonyl (C=O) groups is 1. The van der Waals surface area contributed by atoms with E-state index in [0.717, 1.165) is 32.5 Å². The summed E-state index contributed by atoms with van der Waals surface area (Å²) in [7, 11) is 0. The van der Waals surface area contributed by atoms with E-state index in [-0.39, 0.29) is 12.3 Å². The van der Waals surface area contributed by atoms with E-state index in [9.17, 15) is 4.79 Å². The number of carbonyl (C=O) groups excluding carboxylic acids is 1. The average molecular weight is 308 g/mol. The van der Waals surface area contributed by atoms with Gasteiger partial charge in [-0.3, -0.25) is 4.79 Å². The van der Waals surface area contributed by atoms with Gasteiger partial charge in [-0.15, -0.1) is 0 Å². The molecule has 1 aliphatic heterocycles. The Morgan fingerprint density at radius 3 is 3.00 bits per heavy atom. The molecule has 1 unspecified atom stereocenters. The fourth-order valence-corrected chi connectivity index (χ4v) is 2.99. The number of ether oxygens (including phenoxy) is 2. The van der Waals surface area contributed by atoms with E-state index in [1.54, 1.807) is 0 Å². The monoisotopic (exact) mass is 308 g/mol. The molecule has 0 bridgehead atoms. The number of amides is 1. The van der Waals surface area contributed by atoms with Crippen LogP contribution in [-0.4, -0.2) is 36.9 Å². The predicted molar refractivity (Wildman–Crippen MR) is 79.2 cm³/mol. The topological polar surface area (TPSA) is 73.6 Å². The average Bonchev–Trinajstić information content (AvgIpc) is 3.25. The van der Waals surface area contributed by atoms with E-state index in [4.69, 9.17) is 14.0 Å². The summed E-state index contributed by atoms with van der Waals surface area (Å²) in [6, 6.07) is 1.81. The Hall–Kier alpha value is -1.40. The summed E-state index contributed by atoms with van der Waals surface area (Å²) in [5.41, 5.74) is 0.658. The molecular formula is C16H24N2O4. The maximum absolute atomic E-state index is 11.9. The molecule has 2 aliphatic rings. The highest BCUT2D eigenvalue weighted by molar-refractivity contribution is 5.78. The molecule has 1 N–H and O–H groups in total. The van der Waals surface area contributed by atoms with Crippen LogP contribution in [0.5, 0.6) is 0 Å². The number of aromatic nitrogens is 1. The highest BCUT2D eigenvalue weighted by Crippen LogP contribution is 2.22. The van der Waals surface area contributed by atoms with Gasteiger partial charge in [0.05, 0.1) is 24.8 Å².